The third-order valence-electron chi connectivity index (χ3n) is 3.11. The molecule has 0 bridgehead atoms. The zero-order valence-corrected chi connectivity index (χ0v) is 13.5. The Morgan fingerprint density at radius 1 is 1.09 bits per heavy atom. The number of nitrogens with one attached hydrogen (secondary N) is 1. The van der Waals surface area contributed by atoms with Gasteiger partial charge in [-0.25, -0.2) is 4.98 Å². The van der Waals surface area contributed by atoms with Gasteiger partial charge in [-0.15, -0.1) is 11.3 Å². The van der Waals surface area contributed by atoms with E-state index in [0.29, 0.717) is 5.02 Å². The van der Waals surface area contributed by atoms with E-state index in [1.165, 1.54) is 0 Å². The number of aryl methyl sites for hydroxylation is 1. The predicted molar refractivity (Wildman–Crippen MR) is 95.0 cm³/mol. The lowest BCUT2D eigenvalue weighted by Gasteiger charge is -1.97. The molecule has 0 aliphatic heterocycles. The first-order chi connectivity index (χ1) is 10.7. The van der Waals surface area contributed by atoms with Gasteiger partial charge in [0, 0.05) is 21.0 Å². The average Bonchev–Trinajstić information content (AvgIpc) is 2.91. The monoisotopic (exact) mass is 327 g/mol. The molecule has 0 aliphatic rings. The number of hydrogen-bond acceptors (Lipinski definition) is 4. The van der Waals surface area contributed by atoms with Crippen molar-refractivity contribution < 1.29 is 0 Å². The van der Waals surface area contributed by atoms with Gasteiger partial charge in [-0.2, -0.15) is 5.10 Å². The Hall–Kier alpha value is -2.17. The summed E-state index contributed by atoms with van der Waals surface area (Å²) in [6.07, 6.45) is 1.70. The number of nitrogens with zero attached hydrogens (tertiary/aromatic N) is 2. The number of benzene rings is 2. The number of hydrazone groups is 1. The Bertz CT molecular complexity index is 797. The molecule has 3 aromatic rings. The van der Waals surface area contributed by atoms with E-state index in [0.717, 1.165) is 26.8 Å². The number of aromatic nitrogens is 1. The van der Waals surface area contributed by atoms with Crippen molar-refractivity contribution >= 4 is 34.3 Å². The molecule has 110 valence electrons. The maximum Gasteiger partial charge on any atom is 0.204 e. The maximum atomic E-state index is 6.08. The molecule has 2 aromatic carbocycles. The fourth-order valence-corrected chi connectivity index (χ4v) is 3.01. The van der Waals surface area contributed by atoms with E-state index in [2.05, 4.69) is 34.6 Å². The van der Waals surface area contributed by atoms with Crippen molar-refractivity contribution in [3.05, 3.63) is 70.1 Å². The van der Waals surface area contributed by atoms with Crippen molar-refractivity contribution in [1.82, 2.24) is 4.98 Å². The second-order valence-electron chi connectivity index (χ2n) is 4.68. The van der Waals surface area contributed by atoms with Gasteiger partial charge in [0.25, 0.3) is 0 Å². The molecule has 3 nitrogen and oxygen atoms in total. The molecule has 22 heavy (non-hydrogen) atoms. The van der Waals surface area contributed by atoms with E-state index >= 15 is 0 Å². The van der Waals surface area contributed by atoms with Crippen molar-refractivity contribution in [2.45, 2.75) is 6.92 Å². The fraction of sp³-hybridized carbons (Fsp3) is 0.0588. The Balaban J connectivity index is 1.76. The van der Waals surface area contributed by atoms with Gasteiger partial charge >= 0.3 is 0 Å². The highest BCUT2D eigenvalue weighted by atomic mass is 35.5. The van der Waals surface area contributed by atoms with Gasteiger partial charge in [-0.1, -0.05) is 60.1 Å². The second-order valence-corrected chi connectivity index (χ2v) is 6.29. The highest BCUT2D eigenvalue weighted by Gasteiger charge is 2.08. The fourth-order valence-electron chi connectivity index (χ4n) is 2.04. The summed E-state index contributed by atoms with van der Waals surface area (Å²) in [4.78, 5) is 5.75. The topological polar surface area (TPSA) is 37.3 Å². The van der Waals surface area contributed by atoms with Crippen LogP contribution in [0, 0.1) is 6.92 Å². The molecule has 0 atom stereocenters. The van der Waals surface area contributed by atoms with Gasteiger partial charge in [0.2, 0.25) is 5.13 Å². The van der Waals surface area contributed by atoms with Crippen molar-refractivity contribution in [1.29, 1.82) is 0 Å². The summed E-state index contributed by atoms with van der Waals surface area (Å²) >= 11 is 7.66. The quantitative estimate of drug-likeness (QED) is 0.527. The van der Waals surface area contributed by atoms with Gasteiger partial charge in [-0.05, 0) is 13.0 Å². The van der Waals surface area contributed by atoms with Crippen LogP contribution in [0.2, 0.25) is 5.02 Å². The van der Waals surface area contributed by atoms with Crippen molar-refractivity contribution in [3.8, 4) is 11.3 Å². The highest BCUT2D eigenvalue weighted by molar-refractivity contribution is 7.15. The van der Waals surface area contributed by atoms with E-state index in [1.54, 1.807) is 17.6 Å². The standard InChI is InChI=1S/C17H14ClN3S/c1-12-16(13-7-3-2-4-8-13)20-17(22-12)21-19-11-14-9-5-6-10-15(14)18/h2-11H,1H3,(H,20,21)/b19-11+. The molecule has 0 amide bonds. The molecule has 0 spiro atoms. The SMILES string of the molecule is Cc1sc(N/N=C/c2ccccc2Cl)nc1-c1ccccc1. The van der Waals surface area contributed by atoms with Crippen molar-refractivity contribution in [3.63, 3.8) is 0 Å². The molecule has 0 saturated carbocycles. The van der Waals surface area contributed by atoms with Gasteiger partial charge in [0.05, 0.1) is 11.9 Å². The zero-order valence-electron chi connectivity index (χ0n) is 12.0. The lowest BCUT2D eigenvalue weighted by atomic mass is 10.1. The van der Waals surface area contributed by atoms with Crippen LogP contribution in [-0.4, -0.2) is 11.2 Å². The summed E-state index contributed by atoms with van der Waals surface area (Å²) in [5.74, 6) is 0. The van der Waals surface area contributed by atoms with E-state index < -0.39 is 0 Å². The number of hydrogen-bond donors (Lipinski definition) is 1. The van der Waals surface area contributed by atoms with E-state index in [1.807, 2.05) is 42.5 Å². The van der Waals surface area contributed by atoms with Crippen LogP contribution >= 0.6 is 22.9 Å². The number of anilines is 1. The third-order valence-corrected chi connectivity index (χ3v) is 4.33. The minimum atomic E-state index is 0.674. The van der Waals surface area contributed by atoms with E-state index in [4.69, 9.17) is 11.6 Å². The van der Waals surface area contributed by atoms with Gasteiger partial charge in [0.15, 0.2) is 0 Å². The molecule has 0 radical (unpaired) electrons. The summed E-state index contributed by atoms with van der Waals surface area (Å²) < 4.78 is 0. The first-order valence-corrected chi connectivity index (χ1v) is 8.00. The molecule has 0 saturated heterocycles. The minimum Gasteiger partial charge on any atom is -0.253 e. The smallest absolute Gasteiger partial charge is 0.204 e. The van der Waals surface area contributed by atoms with Gasteiger partial charge in [0.1, 0.15) is 0 Å². The molecule has 3 rings (SSSR count). The lowest BCUT2D eigenvalue weighted by molar-refractivity contribution is 1.28. The summed E-state index contributed by atoms with van der Waals surface area (Å²) in [6.45, 7) is 2.06. The predicted octanol–water partition coefficient (Wildman–Crippen LogP) is 5.22. The summed E-state index contributed by atoms with van der Waals surface area (Å²) in [7, 11) is 0. The summed E-state index contributed by atoms with van der Waals surface area (Å²) in [6, 6.07) is 17.7. The first kappa shape index (κ1) is 14.8. The van der Waals surface area contributed by atoms with E-state index in [-0.39, 0.29) is 0 Å². The van der Waals surface area contributed by atoms with Crippen molar-refractivity contribution in [2.75, 3.05) is 5.43 Å². The van der Waals surface area contributed by atoms with Crippen LogP contribution in [0.15, 0.2) is 59.7 Å². The zero-order chi connectivity index (χ0) is 15.4. The van der Waals surface area contributed by atoms with E-state index in [9.17, 15) is 0 Å². The molecular formula is C17H14ClN3S. The minimum absolute atomic E-state index is 0.674. The molecular weight excluding hydrogens is 314 g/mol. The van der Waals surface area contributed by atoms with Crippen LogP contribution in [0.3, 0.4) is 0 Å². The highest BCUT2D eigenvalue weighted by Crippen LogP contribution is 2.30. The lowest BCUT2D eigenvalue weighted by Crippen LogP contribution is -1.90. The maximum absolute atomic E-state index is 6.08. The Kier molecular flexibility index (Phi) is 4.51. The molecule has 1 aromatic heterocycles. The summed E-state index contributed by atoms with van der Waals surface area (Å²) in [5.41, 5.74) is 5.94. The van der Waals surface area contributed by atoms with Gasteiger partial charge < -0.3 is 0 Å². The second kappa shape index (κ2) is 6.73. The molecule has 1 heterocycles. The first-order valence-electron chi connectivity index (χ1n) is 6.80. The Morgan fingerprint density at radius 3 is 2.59 bits per heavy atom. The van der Waals surface area contributed by atoms with Gasteiger partial charge in [-0.3, -0.25) is 5.43 Å². The van der Waals surface area contributed by atoms with Crippen LogP contribution in [-0.2, 0) is 0 Å². The Labute approximate surface area is 138 Å². The molecule has 0 aliphatic carbocycles. The molecule has 5 heteroatoms. The van der Waals surface area contributed by atoms with Crippen LogP contribution in [0.25, 0.3) is 11.3 Å². The number of thiazole rings is 1. The normalized spacial score (nSPS) is 11.0. The van der Waals surface area contributed by atoms with Crippen LogP contribution in [0.5, 0.6) is 0 Å². The largest absolute Gasteiger partial charge is 0.253 e. The average molecular weight is 328 g/mol. The van der Waals surface area contributed by atoms with Crippen LogP contribution < -0.4 is 5.43 Å². The van der Waals surface area contributed by atoms with Crippen LogP contribution in [0.1, 0.15) is 10.4 Å². The third kappa shape index (κ3) is 3.35. The van der Waals surface area contributed by atoms with Crippen LogP contribution in [0.4, 0.5) is 5.13 Å². The molecule has 0 fully saturated rings. The molecule has 1 N–H and O–H groups in total. The summed E-state index contributed by atoms with van der Waals surface area (Å²) in [5, 5.41) is 5.65. The molecule has 0 unspecified atom stereocenters. The Morgan fingerprint density at radius 2 is 1.82 bits per heavy atom. The van der Waals surface area contributed by atoms with Crippen molar-refractivity contribution in [2.24, 2.45) is 5.10 Å². The number of halogens is 1. The number of rotatable bonds is 4.